The molecule has 1 N–H and O–H groups in total. The van der Waals surface area contributed by atoms with E-state index in [0.717, 1.165) is 31.7 Å². The highest BCUT2D eigenvalue weighted by Gasteiger charge is 2.22. The summed E-state index contributed by atoms with van der Waals surface area (Å²) in [5.74, 6) is -0.118. The van der Waals surface area contributed by atoms with Crippen LogP contribution >= 0.6 is 0 Å². The van der Waals surface area contributed by atoms with Crippen molar-refractivity contribution < 1.29 is 9.59 Å². The number of amides is 2. The molecule has 0 saturated carbocycles. The molecule has 7 nitrogen and oxygen atoms in total. The summed E-state index contributed by atoms with van der Waals surface area (Å²) >= 11 is 0. The van der Waals surface area contributed by atoms with Crippen LogP contribution in [0.3, 0.4) is 0 Å². The van der Waals surface area contributed by atoms with Gasteiger partial charge >= 0.3 is 0 Å². The maximum Gasteiger partial charge on any atom is 0.269 e. The molecule has 0 unspecified atom stereocenters. The minimum atomic E-state index is -0.216. The molecule has 134 valence electrons. The van der Waals surface area contributed by atoms with Gasteiger partial charge in [0.15, 0.2) is 0 Å². The van der Waals surface area contributed by atoms with Crippen LogP contribution in [0.25, 0.3) is 5.52 Å². The number of hydrogen-bond acceptors (Lipinski definition) is 4. The number of rotatable bonds is 5. The quantitative estimate of drug-likeness (QED) is 0.880. The summed E-state index contributed by atoms with van der Waals surface area (Å²) in [4.78, 5) is 28.9. The van der Waals surface area contributed by atoms with Crippen LogP contribution in [-0.2, 0) is 4.79 Å². The van der Waals surface area contributed by atoms with Crippen molar-refractivity contribution in [3.05, 3.63) is 36.2 Å². The van der Waals surface area contributed by atoms with E-state index >= 15 is 0 Å². The van der Waals surface area contributed by atoms with Gasteiger partial charge in [-0.15, -0.1) is 0 Å². The maximum atomic E-state index is 12.3. The van der Waals surface area contributed by atoms with E-state index in [9.17, 15) is 9.59 Å². The predicted molar refractivity (Wildman–Crippen MR) is 95.4 cm³/mol. The van der Waals surface area contributed by atoms with Crippen LogP contribution in [0.4, 0.5) is 0 Å². The first-order valence-corrected chi connectivity index (χ1v) is 8.79. The smallest absolute Gasteiger partial charge is 0.269 e. The number of piperazine rings is 1. The van der Waals surface area contributed by atoms with Gasteiger partial charge in [0.05, 0.1) is 11.7 Å². The highest BCUT2D eigenvalue weighted by molar-refractivity contribution is 5.93. The molecule has 1 aliphatic heterocycles. The van der Waals surface area contributed by atoms with Crippen LogP contribution in [-0.4, -0.2) is 70.0 Å². The fourth-order valence-corrected chi connectivity index (χ4v) is 3.14. The Balaban J connectivity index is 1.47. The topological polar surface area (TPSA) is 69.9 Å². The molecule has 3 rings (SSSR count). The lowest BCUT2D eigenvalue weighted by Crippen LogP contribution is -2.51. The van der Waals surface area contributed by atoms with Crippen LogP contribution < -0.4 is 5.32 Å². The zero-order chi connectivity index (χ0) is 17.8. The Morgan fingerprint density at radius 1 is 1.16 bits per heavy atom. The zero-order valence-electron chi connectivity index (χ0n) is 14.8. The first kappa shape index (κ1) is 17.4. The van der Waals surface area contributed by atoms with E-state index in [1.165, 1.54) is 0 Å². The van der Waals surface area contributed by atoms with Crippen LogP contribution in [0, 0.1) is 0 Å². The van der Waals surface area contributed by atoms with Crippen molar-refractivity contribution in [2.45, 2.75) is 26.3 Å². The highest BCUT2D eigenvalue weighted by atomic mass is 16.2. The van der Waals surface area contributed by atoms with Gasteiger partial charge in [-0.25, -0.2) is 4.52 Å². The predicted octanol–water partition coefficient (Wildman–Crippen LogP) is 1.01. The number of pyridine rings is 1. The van der Waals surface area contributed by atoms with E-state index in [1.54, 1.807) is 16.8 Å². The molecule has 3 heterocycles. The summed E-state index contributed by atoms with van der Waals surface area (Å²) in [7, 11) is 0. The summed E-state index contributed by atoms with van der Waals surface area (Å²) in [5, 5.41) is 6.97. The van der Waals surface area contributed by atoms with E-state index in [-0.39, 0.29) is 11.8 Å². The lowest BCUT2D eigenvalue weighted by Gasteiger charge is -2.37. The second kappa shape index (κ2) is 7.65. The van der Waals surface area contributed by atoms with Gasteiger partial charge in [-0.05, 0) is 32.0 Å². The minimum Gasteiger partial charge on any atom is -0.350 e. The normalized spacial score (nSPS) is 15.7. The van der Waals surface area contributed by atoms with E-state index in [2.05, 4.69) is 29.2 Å². The molecule has 7 heteroatoms. The van der Waals surface area contributed by atoms with Crippen molar-refractivity contribution in [1.29, 1.82) is 0 Å². The number of carbonyl (C=O) groups excluding carboxylic acids is 2. The summed E-state index contributed by atoms with van der Waals surface area (Å²) in [6, 6.07) is 7.80. The van der Waals surface area contributed by atoms with Crippen molar-refractivity contribution in [1.82, 2.24) is 24.7 Å². The van der Waals surface area contributed by atoms with Gasteiger partial charge in [-0.1, -0.05) is 6.07 Å². The molecule has 2 aromatic heterocycles. The van der Waals surface area contributed by atoms with Crippen molar-refractivity contribution in [3.63, 3.8) is 0 Å². The van der Waals surface area contributed by atoms with E-state index in [0.29, 0.717) is 24.7 Å². The Morgan fingerprint density at radius 3 is 2.64 bits per heavy atom. The lowest BCUT2D eigenvalue weighted by molar-refractivity contribution is -0.133. The molecule has 0 aromatic carbocycles. The Bertz CT molecular complexity index is 747. The Labute approximate surface area is 147 Å². The van der Waals surface area contributed by atoms with Gasteiger partial charge in [0.25, 0.3) is 5.91 Å². The molecule has 1 fully saturated rings. The first-order chi connectivity index (χ1) is 12.1. The Kier molecular flexibility index (Phi) is 5.33. The number of fused-ring (bicyclic) bond motifs is 1. The standard InChI is InChI=1S/C18H25N5O2/c1-14(2)21-10-12-22(13-11-21)17(24)7-8-19-18(25)16-5-3-4-15-6-9-20-23(15)16/h3-6,9,14H,7-8,10-13H2,1-2H3,(H,19,25). The fourth-order valence-electron chi connectivity index (χ4n) is 3.14. The average molecular weight is 343 g/mol. The number of nitrogens with one attached hydrogen (secondary N) is 1. The number of aromatic nitrogens is 2. The highest BCUT2D eigenvalue weighted by Crippen LogP contribution is 2.08. The molecular formula is C18H25N5O2. The summed E-state index contributed by atoms with van der Waals surface area (Å²) in [6.45, 7) is 8.03. The molecule has 1 saturated heterocycles. The second-order valence-electron chi connectivity index (χ2n) is 6.60. The summed E-state index contributed by atoms with van der Waals surface area (Å²) in [6.07, 6.45) is 1.98. The molecule has 0 spiro atoms. The van der Waals surface area contributed by atoms with E-state index in [1.807, 2.05) is 23.1 Å². The van der Waals surface area contributed by atoms with Crippen molar-refractivity contribution >= 4 is 17.3 Å². The lowest BCUT2D eigenvalue weighted by atomic mass is 10.2. The van der Waals surface area contributed by atoms with Crippen LogP contribution in [0.5, 0.6) is 0 Å². The molecule has 0 bridgehead atoms. The third-order valence-corrected chi connectivity index (χ3v) is 4.68. The van der Waals surface area contributed by atoms with Gasteiger partial charge in [-0.2, -0.15) is 5.10 Å². The van der Waals surface area contributed by atoms with E-state index < -0.39 is 0 Å². The van der Waals surface area contributed by atoms with Gasteiger partial charge < -0.3 is 10.2 Å². The SMILES string of the molecule is CC(C)N1CCN(C(=O)CCNC(=O)c2cccc3ccnn23)CC1. The Morgan fingerprint density at radius 2 is 1.92 bits per heavy atom. The summed E-state index contributed by atoms with van der Waals surface area (Å²) in [5.41, 5.74) is 1.34. The molecule has 25 heavy (non-hydrogen) atoms. The number of nitrogens with zero attached hydrogens (tertiary/aromatic N) is 4. The second-order valence-corrected chi connectivity index (χ2v) is 6.60. The minimum absolute atomic E-state index is 0.0982. The third kappa shape index (κ3) is 3.99. The largest absolute Gasteiger partial charge is 0.350 e. The number of hydrogen-bond donors (Lipinski definition) is 1. The van der Waals surface area contributed by atoms with Crippen molar-refractivity contribution in [3.8, 4) is 0 Å². The molecule has 0 radical (unpaired) electrons. The molecule has 1 aliphatic rings. The molecule has 0 aliphatic carbocycles. The van der Waals surface area contributed by atoms with E-state index in [4.69, 9.17) is 0 Å². The molecule has 0 atom stereocenters. The van der Waals surface area contributed by atoms with Crippen molar-refractivity contribution in [2.24, 2.45) is 0 Å². The van der Waals surface area contributed by atoms with Crippen LogP contribution in [0.1, 0.15) is 30.8 Å². The van der Waals surface area contributed by atoms with Gasteiger partial charge in [0.1, 0.15) is 5.69 Å². The monoisotopic (exact) mass is 343 g/mol. The Hall–Kier alpha value is -2.41. The van der Waals surface area contributed by atoms with Gasteiger partial charge in [-0.3, -0.25) is 14.5 Å². The summed E-state index contributed by atoms with van der Waals surface area (Å²) < 4.78 is 1.60. The maximum absolute atomic E-state index is 12.3. The zero-order valence-corrected chi connectivity index (χ0v) is 14.8. The van der Waals surface area contributed by atoms with Gasteiger partial charge in [0.2, 0.25) is 5.91 Å². The average Bonchev–Trinajstić information content (AvgIpc) is 3.10. The first-order valence-electron chi connectivity index (χ1n) is 8.79. The van der Waals surface area contributed by atoms with Crippen LogP contribution in [0.15, 0.2) is 30.5 Å². The third-order valence-electron chi connectivity index (χ3n) is 4.68. The van der Waals surface area contributed by atoms with Crippen LogP contribution in [0.2, 0.25) is 0 Å². The molecule has 2 amide bonds. The molecule has 2 aromatic rings. The van der Waals surface area contributed by atoms with Gasteiger partial charge in [0, 0.05) is 45.2 Å². The van der Waals surface area contributed by atoms with Crippen molar-refractivity contribution in [2.75, 3.05) is 32.7 Å². The molecular weight excluding hydrogens is 318 g/mol. The fraction of sp³-hybridized carbons (Fsp3) is 0.500. The number of carbonyl (C=O) groups is 2.